The van der Waals surface area contributed by atoms with Crippen LogP contribution in [-0.4, -0.2) is 50.8 Å². The fraction of sp³-hybridized carbons (Fsp3) is 0.194. The number of carbonyl (C=O) groups is 3. The van der Waals surface area contributed by atoms with Gasteiger partial charge in [-0.2, -0.15) is 0 Å². The molecule has 7 rings (SSSR count). The molecular weight excluding hydrogens is 542 g/mol. The third-order valence-corrected chi connectivity index (χ3v) is 9.10. The second-order valence-electron chi connectivity index (χ2n) is 11.0. The molecule has 2 heterocycles. The zero-order valence-corrected chi connectivity index (χ0v) is 23.9. The lowest BCUT2D eigenvalue weighted by Crippen LogP contribution is -2.48. The molecule has 3 atom stereocenters. The Bertz CT molecular complexity index is 1810. The third kappa shape index (κ3) is 3.64. The molecule has 2 aliphatic heterocycles. The van der Waals surface area contributed by atoms with Crippen LogP contribution in [0.3, 0.4) is 0 Å². The number of ether oxygens (including phenoxy) is 3. The third-order valence-electron chi connectivity index (χ3n) is 9.10. The highest BCUT2D eigenvalue weighted by atomic mass is 16.5. The van der Waals surface area contributed by atoms with Crippen LogP contribution in [0.25, 0.3) is 6.08 Å². The van der Waals surface area contributed by atoms with E-state index in [0.717, 1.165) is 11.3 Å². The Labute approximate surface area is 249 Å². The lowest BCUT2D eigenvalue weighted by Gasteiger charge is -2.37. The summed E-state index contributed by atoms with van der Waals surface area (Å²) in [5.41, 5.74) is 1.89. The largest absolute Gasteiger partial charge is 0.497 e. The van der Waals surface area contributed by atoms with E-state index in [1.165, 1.54) is 7.11 Å². The van der Waals surface area contributed by atoms with Crippen LogP contribution in [0, 0.1) is 5.41 Å². The van der Waals surface area contributed by atoms with Gasteiger partial charge in [0.05, 0.1) is 27.4 Å². The van der Waals surface area contributed by atoms with Crippen molar-refractivity contribution in [3.8, 4) is 17.2 Å². The molecule has 1 saturated heterocycles. The molecule has 3 unspecified atom stereocenters. The van der Waals surface area contributed by atoms with E-state index >= 15 is 0 Å². The Balaban J connectivity index is 1.55. The van der Waals surface area contributed by atoms with Crippen molar-refractivity contribution >= 4 is 29.1 Å². The minimum absolute atomic E-state index is 0.220. The first-order chi connectivity index (χ1) is 20.9. The van der Waals surface area contributed by atoms with E-state index in [1.807, 2.05) is 47.4 Å². The molecule has 43 heavy (non-hydrogen) atoms. The summed E-state index contributed by atoms with van der Waals surface area (Å²) in [5, 5.41) is 0. The van der Waals surface area contributed by atoms with Gasteiger partial charge >= 0.3 is 0 Å². The molecule has 7 heteroatoms. The van der Waals surface area contributed by atoms with Gasteiger partial charge in [0.1, 0.15) is 17.2 Å². The summed E-state index contributed by atoms with van der Waals surface area (Å²) in [6.07, 6.45) is 3.86. The van der Waals surface area contributed by atoms with E-state index < -0.39 is 23.4 Å². The van der Waals surface area contributed by atoms with E-state index in [4.69, 9.17) is 14.2 Å². The first-order valence-corrected chi connectivity index (χ1v) is 14.1. The highest BCUT2D eigenvalue weighted by Crippen LogP contribution is 2.61. The predicted molar refractivity (Wildman–Crippen MR) is 163 cm³/mol. The van der Waals surface area contributed by atoms with E-state index in [9.17, 15) is 14.4 Å². The minimum Gasteiger partial charge on any atom is -0.497 e. The number of benzene rings is 4. The summed E-state index contributed by atoms with van der Waals surface area (Å²) in [5.74, 6) is -0.164. The molecule has 214 valence electrons. The Morgan fingerprint density at radius 2 is 1.44 bits per heavy atom. The van der Waals surface area contributed by atoms with Crippen LogP contribution in [0.4, 0.5) is 5.69 Å². The zero-order chi connectivity index (χ0) is 29.9. The van der Waals surface area contributed by atoms with Crippen molar-refractivity contribution in [2.75, 3.05) is 26.2 Å². The molecule has 1 spiro atoms. The maximum absolute atomic E-state index is 14.9. The van der Waals surface area contributed by atoms with Crippen molar-refractivity contribution < 1.29 is 28.6 Å². The normalized spacial score (nSPS) is 20.9. The van der Waals surface area contributed by atoms with Crippen LogP contribution in [0.15, 0.2) is 97.1 Å². The van der Waals surface area contributed by atoms with Gasteiger partial charge in [0, 0.05) is 28.3 Å². The van der Waals surface area contributed by atoms with Crippen LogP contribution >= 0.6 is 0 Å². The van der Waals surface area contributed by atoms with E-state index in [2.05, 4.69) is 0 Å². The van der Waals surface area contributed by atoms with Gasteiger partial charge in [0.2, 0.25) is 0 Å². The monoisotopic (exact) mass is 571 g/mol. The standard InChI is InChI=1S/C36H29NO6/c1-41-24-11-8-10-23(19-24)33(38)32-31(22-15-17-28(42-2)29(20-22)43-3)36(34(39)25-12-5-6-13-26(25)35(36)40)30-18-16-21-9-4-7-14-27(21)37(30)32/h4-20,30-32H,1-3H3. The molecule has 0 amide bonds. The molecule has 0 saturated carbocycles. The van der Waals surface area contributed by atoms with Gasteiger partial charge in [-0.15, -0.1) is 0 Å². The fourth-order valence-electron chi connectivity index (χ4n) is 7.28. The van der Waals surface area contributed by atoms with E-state index in [1.54, 1.807) is 74.9 Å². The first kappa shape index (κ1) is 26.7. The maximum atomic E-state index is 14.9. The van der Waals surface area contributed by atoms with Crippen molar-refractivity contribution in [1.29, 1.82) is 0 Å². The Kier molecular flexibility index (Phi) is 6.20. The lowest BCUT2D eigenvalue weighted by molar-refractivity contribution is 0.0665. The topological polar surface area (TPSA) is 82.1 Å². The van der Waals surface area contributed by atoms with Crippen LogP contribution in [0.2, 0.25) is 0 Å². The average molecular weight is 572 g/mol. The number of ketones is 3. The SMILES string of the molecule is COc1cccc(C(=O)C2C(c3ccc(OC)c(OC)c3)C3(C(=O)c4ccccc4C3=O)C3C=Cc4ccccc4N23)c1. The quantitative estimate of drug-likeness (QED) is 0.207. The number of methoxy groups -OCH3 is 3. The van der Waals surface area contributed by atoms with Gasteiger partial charge < -0.3 is 19.1 Å². The smallest absolute Gasteiger partial charge is 0.186 e. The van der Waals surface area contributed by atoms with Gasteiger partial charge in [-0.3, -0.25) is 14.4 Å². The lowest BCUT2D eigenvalue weighted by atomic mass is 9.64. The van der Waals surface area contributed by atoms with Crippen molar-refractivity contribution in [3.05, 3.63) is 125 Å². The van der Waals surface area contributed by atoms with Gasteiger partial charge in [-0.1, -0.05) is 72.8 Å². The van der Waals surface area contributed by atoms with Crippen LogP contribution in [0.5, 0.6) is 17.2 Å². The molecule has 4 aromatic rings. The summed E-state index contributed by atoms with van der Waals surface area (Å²) < 4.78 is 16.6. The maximum Gasteiger partial charge on any atom is 0.186 e. The summed E-state index contributed by atoms with van der Waals surface area (Å²) in [6, 6.07) is 25.4. The van der Waals surface area contributed by atoms with Crippen LogP contribution in [-0.2, 0) is 0 Å². The van der Waals surface area contributed by atoms with E-state index in [-0.39, 0.29) is 17.3 Å². The molecule has 1 fully saturated rings. The molecule has 0 N–H and O–H groups in total. The number of carbonyl (C=O) groups excluding carboxylic acids is 3. The number of anilines is 1. The van der Waals surface area contributed by atoms with Crippen molar-refractivity contribution in [2.45, 2.75) is 18.0 Å². The number of para-hydroxylation sites is 1. The Morgan fingerprint density at radius 3 is 2.14 bits per heavy atom. The summed E-state index contributed by atoms with van der Waals surface area (Å²) in [6.45, 7) is 0. The molecular formula is C36H29NO6. The number of nitrogens with zero attached hydrogens (tertiary/aromatic N) is 1. The highest BCUT2D eigenvalue weighted by Gasteiger charge is 2.71. The molecule has 0 bridgehead atoms. The zero-order valence-electron chi connectivity index (χ0n) is 23.9. The van der Waals surface area contributed by atoms with Crippen LogP contribution < -0.4 is 19.1 Å². The molecule has 0 radical (unpaired) electrons. The molecule has 7 nitrogen and oxygen atoms in total. The number of rotatable bonds is 6. The average Bonchev–Trinajstić information content (AvgIpc) is 3.50. The van der Waals surface area contributed by atoms with Gasteiger partial charge in [0.15, 0.2) is 28.8 Å². The summed E-state index contributed by atoms with van der Waals surface area (Å²) >= 11 is 0. The van der Waals surface area contributed by atoms with Crippen molar-refractivity contribution in [3.63, 3.8) is 0 Å². The summed E-state index contributed by atoms with van der Waals surface area (Å²) in [4.78, 5) is 46.4. The number of Topliss-reactive ketones (excluding diaryl/α,β-unsaturated/α-hetero) is 3. The van der Waals surface area contributed by atoms with Gasteiger partial charge in [-0.25, -0.2) is 0 Å². The molecule has 4 aromatic carbocycles. The second kappa shape index (κ2) is 9.98. The number of hydrogen-bond acceptors (Lipinski definition) is 7. The van der Waals surface area contributed by atoms with Crippen molar-refractivity contribution in [1.82, 2.24) is 0 Å². The minimum atomic E-state index is -1.60. The van der Waals surface area contributed by atoms with Gasteiger partial charge in [0.25, 0.3) is 0 Å². The van der Waals surface area contributed by atoms with Gasteiger partial charge in [-0.05, 0) is 41.5 Å². The second-order valence-corrected chi connectivity index (χ2v) is 11.0. The Hall–Kier alpha value is -5.17. The molecule has 3 aliphatic rings. The highest BCUT2D eigenvalue weighted by molar-refractivity contribution is 6.32. The number of hydrogen-bond donors (Lipinski definition) is 0. The number of fused-ring (bicyclic) bond motifs is 5. The molecule has 1 aliphatic carbocycles. The van der Waals surface area contributed by atoms with Crippen molar-refractivity contribution in [2.24, 2.45) is 5.41 Å². The first-order valence-electron chi connectivity index (χ1n) is 14.1. The molecule has 0 aromatic heterocycles. The fourth-order valence-corrected chi connectivity index (χ4v) is 7.28. The predicted octanol–water partition coefficient (Wildman–Crippen LogP) is 6.03. The summed E-state index contributed by atoms with van der Waals surface area (Å²) in [7, 11) is 4.64. The van der Waals surface area contributed by atoms with E-state index in [0.29, 0.717) is 39.5 Å². The Morgan fingerprint density at radius 1 is 0.744 bits per heavy atom. The van der Waals surface area contributed by atoms with Crippen LogP contribution in [0.1, 0.15) is 48.1 Å².